The Bertz CT molecular complexity index is 439. The molecule has 1 heterocycles. The average molecular weight is 225 g/mol. The molecule has 0 atom stereocenters. The predicted octanol–water partition coefficient (Wildman–Crippen LogP) is 2.49. The van der Waals surface area contributed by atoms with Crippen LogP contribution in [0.25, 0.3) is 0 Å². The highest BCUT2D eigenvalue weighted by atomic mass is 35.5. The van der Waals surface area contributed by atoms with Crippen LogP contribution in [0.3, 0.4) is 0 Å². The van der Waals surface area contributed by atoms with E-state index in [9.17, 15) is 0 Å². The molecule has 2 rings (SSSR count). The van der Waals surface area contributed by atoms with Crippen LogP contribution in [0.5, 0.6) is 5.75 Å². The molecule has 0 aliphatic heterocycles. The van der Waals surface area contributed by atoms with Gasteiger partial charge in [0.25, 0.3) is 0 Å². The molecule has 0 radical (unpaired) electrons. The summed E-state index contributed by atoms with van der Waals surface area (Å²) in [6.07, 6.45) is 0. The highest BCUT2D eigenvalue weighted by Gasteiger charge is 2.01. The van der Waals surface area contributed by atoms with Crippen LogP contribution in [0.15, 0.2) is 34.9 Å². The third-order valence-electron chi connectivity index (χ3n) is 1.78. The summed E-state index contributed by atoms with van der Waals surface area (Å²) in [5, 5.41) is 4.37. The predicted molar refractivity (Wildman–Crippen MR) is 56.7 cm³/mol. The molecular weight excluding hydrogens is 216 g/mol. The van der Waals surface area contributed by atoms with Gasteiger partial charge >= 0.3 is 0 Å². The zero-order chi connectivity index (χ0) is 10.7. The van der Waals surface area contributed by atoms with Gasteiger partial charge in [0.15, 0.2) is 0 Å². The summed E-state index contributed by atoms with van der Waals surface area (Å²) >= 11 is 5.73. The first-order valence-corrected chi connectivity index (χ1v) is 4.71. The fourth-order valence-corrected chi connectivity index (χ4v) is 1.21. The lowest BCUT2D eigenvalue weighted by molar-refractivity contribution is 0.290. The molecule has 1 aromatic carbocycles. The Labute approximate surface area is 91.6 Å². The van der Waals surface area contributed by atoms with Crippen molar-refractivity contribution in [3.8, 4) is 5.75 Å². The third kappa shape index (κ3) is 2.63. The molecule has 0 fully saturated rings. The number of nitrogens with zero attached hydrogens (tertiary/aromatic N) is 1. The van der Waals surface area contributed by atoms with Crippen LogP contribution in [0, 0.1) is 0 Å². The summed E-state index contributed by atoms with van der Waals surface area (Å²) in [6, 6.07) is 8.70. The molecule has 2 aromatic rings. The molecule has 0 saturated carbocycles. The molecule has 0 bridgehead atoms. The van der Waals surface area contributed by atoms with Gasteiger partial charge < -0.3 is 15.0 Å². The summed E-state index contributed by atoms with van der Waals surface area (Å²) in [5.41, 5.74) is 6.02. The van der Waals surface area contributed by atoms with Crippen molar-refractivity contribution in [1.29, 1.82) is 0 Å². The maximum absolute atomic E-state index is 5.73. The molecule has 0 aliphatic carbocycles. The van der Waals surface area contributed by atoms with Crippen molar-refractivity contribution in [2.45, 2.75) is 6.61 Å². The van der Waals surface area contributed by atoms with Crippen LogP contribution >= 0.6 is 11.6 Å². The van der Waals surface area contributed by atoms with Crippen molar-refractivity contribution in [2.24, 2.45) is 0 Å². The minimum absolute atomic E-state index is 0.282. The number of benzene rings is 1. The number of anilines is 1. The summed E-state index contributed by atoms with van der Waals surface area (Å²) in [7, 11) is 0. The number of ether oxygens (including phenoxy) is 1. The van der Waals surface area contributed by atoms with Gasteiger partial charge in [0.1, 0.15) is 18.1 Å². The second-order valence-corrected chi connectivity index (χ2v) is 3.40. The summed E-state index contributed by atoms with van der Waals surface area (Å²) < 4.78 is 10.1. The van der Waals surface area contributed by atoms with Gasteiger partial charge in [0.2, 0.25) is 5.88 Å². The molecule has 0 saturated heterocycles. The van der Waals surface area contributed by atoms with Crippen LogP contribution in [-0.2, 0) is 6.61 Å². The van der Waals surface area contributed by atoms with Crippen molar-refractivity contribution >= 4 is 17.5 Å². The molecule has 15 heavy (non-hydrogen) atoms. The van der Waals surface area contributed by atoms with Gasteiger partial charge in [-0.3, -0.25) is 0 Å². The van der Waals surface area contributed by atoms with E-state index in [1.807, 2.05) is 0 Å². The second kappa shape index (κ2) is 4.23. The fraction of sp³-hybridized carbons (Fsp3) is 0.100. The van der Waals surface area contributed by atoms with Crippen LogP contribution < -0.4 is 10.5 Å². The smallest absolute Gasteiger partial charge is 0.222 e. The van der Waals surface area contributed by atoms with Crippen molar-refractivity contribution in [3.63, 3.8) is 0 Å². The van der Waals surface area contributed by atoms with Gasteiger partial charge in [-0.1, -0.05) is 16.8 Å². The number of nitrogens with two attached hydrogens (primary N) is 1. The molecule has 1 aromatic heterocycles. The van der Waals surface area contributed by atoms with E-state index in [1.165, 1.54) is 0 Å². The maximum atomic E-state index is 5.73. The van der Waals surface area contributed by atoms with Crippen molar-refractivity contribution in [3.05, 3.63) is 41.0 Å². The van der Waals surface area contributed by atoms with Crippen LogP contribution in [-0.4, -0.2) is 5.16 Å². The lowest BCUT2D eigenvalue weighted by Crippen LogP contribution is -1.94. The summed E-state index contributed by atoms with van der Waals surface area (Å²) in [5.74, 6) is 1.01. The number of nitrogen functional groups attached to an aromatic ring is 1. The number of hydrogen-bond acceptors (Lipinski definition) is 4. The first-order chi connectivity index (χ1) is 7.24. The van der Waals surface area contributed by atoms with E-state index < -0.39 is 0 Å². The highest BCUT2D eigenvalue weighted by Crippen LogP contribution is 2.17. The number of rotatable bonds is 3. The molecule has 4 nitrogen and oxygen atoms in total. The topological polar surface area (TPSA) is 61.3 Å². The molecular formula is C10H9ClN2O2. The Morgan fingerprint density at radius 2 is 2.07 bits per heavy atom. The quantitative estimate of drug-likeness (QED) is 0.870. The molecule has 0 aliphatic rings. The molecule has 0 amide bonds. The zero-order valence-corrected chi connectivity index (χ0v) is 8.57. The average Bonchev–Trinajstić information content (AvgIpc) is 2.64. The number of hydrogen-bond donors (Lipinski definition) is 1. The molecule has 0 unspecified atom stereocenters. The lowest BCUT2D eigenvalue weighted by atomic mass is 10.3. The van der Waals surface area contributed by atoms with Crippen LogP contribution in [0.2, 0.25) is 5.02 Å². The van der Waals surface area contributed by atoms with E-state index in [0.29, 0.717) is 17.3 Å². The van der Waals surface area contributed by atoms with E-state index >= 15 is 0 Å². The first kappa shape index (κ1) is 9.86. The van der Waals surface area contributed by atoms with Gasteiger partial charge in [0.05, 0.1) is 0 Å². The number of aromatic nitrogens is 1. The molecule has 2 N–H and O–H groups in total. The minimum atomic E-state index is 0.282. The van der Waals surface area contributed by atoms with Gasteiger partial charge in [-0.2, -0.15) is 0 Å². The lowest BCUT2D eigenvalue weighted by Gasteiger charge is -2.02. The maximum Gasteiger partial charge on any atom is 0.222 e. The third-order valence-corrected chi connectivity index (χ3v) is 2.03. The highest BCUT2D eigenvalue weighted by molar-refractivity contribution is 6.30. The summed E-state index contributed by atoms with van der Waals surface area (Å²) in [4.78, 5) is 0. The molecule has 0 spiro atoms. The molecule has 5 heteroatoms. The van der Waals surface area contributed by atoms with E-state index in [4.69, 9.17) is 26.6 Å². The van der Waals surface area contributed by atoms with Gasteiger partial charge in [-0.15, -0.1) is 0 Å². The monoisotopic (exact) mass is 224 g/mol. The zero-order valence-electron chi connectivity index (χ0n) is 7.81. The van der Waals surface area contributed by atoms with Crippen molar-refractivity contribution in [1.82, 2.24) is 5.16 Å². The van der Waals surface area contributed by atoms with Gasteiger partial charge in [0, 0.05) is 11.1 Å². The van der Waals surface area contributed by atoms with E-state index in [0.717, 1.165) is 5.75 Å². The Hall–Kier alpha value is -1.68. The Morgan fingerprint density at radius 1 is 1.33 bits per heavy atom. The van der Waals surface area contributed by atoms with Crippen LogP contribution in [0.1, 0.15) is 5.69 Å². The SMILES string of the molecule is Nc1cc(COc2ccc(Cl)cc2)no1. The van der Waals surface area contributed by atoms with E-state index in [-0.39, 0.29) is 5.88 Å². The largest absolute Gasteiger partial charge is 0.487 e. The van der Waals surface area contributed by atoms with Crippen LogP contribution in [0.4, 0.5) is 5.88 Å². The van der Waals surface area contributed by atoms with Gasteiger partial charge in [-0.25, -0.2) is 0 Å². The number of halogens is 1. The fourth-order valence-electron chi connectivity index (χ4n) is 1.08. The van der Waals surface area contributed by atoms with Crippen molar-refractivity contribution in [2.75, 3.05) is 5.73 Å². The molecule has 78 valence electrons. The Kier molecular flexibility index (Phi) is 2.78. The minimum Gasteiger partial charge on any atom is -0.487 e. The standard InChI is InChI=1S/C10H9ClN2O2/c11-7-1-3-9(4-2-7)14-6-8-5-10(12)15-13-8/h1-5H,6,12H2. The van der Waals surface area contributed by atoms with Crippen molar-refractivity contribution < 1.29 is 9.26 Å². The van der Waals surface area contributed by atoms with Gasteiger partial charge in [-0.05, 0) is 24.3 Å². The second-order valence-electron chi connectivity index (χ2n) is 2.96. The summed E-state index contributed by atoms with van der Waals surface area (Å²) in [6.45, 7) is 0.322. The van der Waals surface area contributed by atoms with E-state index in [2.05, 4.69) is 5.16 Å². The van der Waals surface area contributed by atoms with E-state index in [1.54, 1.807) is 30.3 Å². The normalized spacial score (nSPS) is 10.2. The first-order valence-electron chi connectivity index (χ1n) is 4.33. The Morgan fingerprint density at radius 3 is 2.67 bits per heavy atom. The Balaban J connectivity index is 1.96.